The molecule has 0 saturated heterocycles. The molecule has 0 fully saturated rings. The lowest BCUT2D eigenvalue weighted by Crippen LogP contribution is -2.31. The standard InChI is InChI=1S/C7H14N4/c1-4-11-6(5-9-10-11)7(2,3)8/h5H,4,8H2,1-3H3. The highest BCUT2D eigenvalue weighted by atomic mass is 15.4. The fourth-order valence-corrected chi connectivity index (χ4v) is 0.990. The number of rotatable bonds is 2. The average Bonchev–Trinajstić information content (AvgIpc) is 2.31. The average molecular weight is 154 g/mol. The van der Waals surface area contributed by atoms with E-state index in [4.69, 9.17) is 5.73 Å². The molecule has 0 aliphatic rings. The highest BCUT2D eigenvalue weighted by Crippen LogP contribution is 2.14. The molecule has 1 rings (SSSR count). The summed E-state index contributed by atoms with van der Waals surface area (Å²) in [5.41, 5.74) is 6.50. The van der Waals surface area contributed by atoms with Crippen LogP contribution in [0.5, 0.6) is 0 Å². The van der Waals surface area contributed by atoms with Crippen molar-refractivity contribution in [2.45, 2.75) is 32.9 Å². The van der Waals surface area contributed by atoms with Crippen LogP contribution >= 0.6 is 0 Å². The molecule has 1 aromatic rings. The molecular formula is C7H14N4. The summed E-state index contributed by atoms with van der Waals surface area (Å²) in [7, 11) is 0. The van der Waals surface area contributed by atoms with Gasteiger partial charge in [0.1, 0.15) is 0 Å². The summed E-state index contributed by atoms with van der Waals surface area (Å²) in [6, 6.07) is 0. The van der Waals surface area contributed by atoms with Crippen LogP contribution in [-0.2, 0) is 12.1 Å². The van der Waals surface area contributed by atoms with E-state index in [9.17, 15) is 0 Å². The molecule has 0 amide bonds. The second kappa shape index (κ2) is 2.62. The molecule has 0 spiro atoms. The third-order valence-corrected chi connectivity index (χ3v) is 1.58. The first-order valence-corrected chi connectivity index (χ1v) is 3.73. The second-order valence-electron chi connectivity index (χ2n) is 3.16. The van der Waals surface area contributed by atoms with Crippen molar-refractivity contribution in [2.24, 2.45) is 5.73 Å². The van der Waals surface area contributed by atoms with Crippen molar-refractivity contribution in [3.63, 3.8) is 0 Å². The zero-order chi connectivity index (χ0) is 8.48. The van der Waals surface area contributed by atoms with E-state index in [-0.39, 0.29) is 5.54 Å². The minimum absolute atomic E-state index is 0.348. The molecule has 2 N–H and O–H groups in total. The maximum absolute atomic E-state index is 5.88. The zero-order valence-corrected chi connectivity index (χ0v) is 7.20. The van der Waals surface area contributed by atoms with Crippen molar-refractivity contribution in [1.29, 1.82) is 0 Å². The van der Waals surface area contributed by atoms with Crippen molar-refractivity contribution < 1.29 is 0 Å². The van der Waals surface area contributed by atoms with Gasteiger partial charge in [-0.05, 0) is 20.8 Å². The maximum atomic E-state index is 5.88. The van der Waals surface area contributed by atoms with Crippen LogP contribution in [0.3, 0.4) is 0 Å². The van der Waals surface area contributed by atoms with Crippen LogP contribution in [0, 0.1) is 0 Å². The molecule has 0 bridgehead atoms. The Bertz CT molecular complexity index is 233. The van der Waals surface area contributed by atoms with E-state index in [0.29, 0.717) is 0 Å². The van der Waals surface area contributed by atoms with E-state index in [2.05, 4.69) is 10.3 Å². The summed E-state index contributed by atoms with van der Waals surface area (Å²) in [5, 5.41) is 7.68. The fraction of sp³-hybridized carbons (Fsp3) is 0.714. The van der Waals surface area contributed by atoms with E-state index >= 15 is 0 Å². The zero-order valence-electron chi connectivity index (χ0n) is 7.20. The van der Waals surface area contributed by atoms with Crippen molar-refractivity contribution >= 4 is 0 Å². The van der Waals surface area contributed by atoms with E-state index in [1.165, 1.54) is 0 Å². The molecular weight excluding hydrogens is 140 g/mol. The Kier molecular flexibility index (Phi) is 1.95. The Labute approximate surface area is 66.4 Å². The van der Waals surface area contributed by atoms with E-state index in [1.54, 1.807) is 10.9 Å². The summed E-state index contributed by atoms with van der Waals surface area (Å²) >= 11 is 0. The van der Waals surface area contributed by atoms with Gasteiger partial charge in [-0.25, -0.2) is 4.68 Å². The molecule has 0 aromatic carbocycles. The van der Waals surface area contributed by atoms with Crippen LogP contribution in [0.25, 0.3) is 0 Å². The summed E-state index contributed by atoms with van der Waals surface area (Å²) < 4.78 is 1.81. The quantitative estimate of drug-likeness (QED) is 0.674. The highest BCUT2D eigenvalue weighted by molar-refractivity contribution is 5.06. The summed E-state index contributed by atoms with van der Waals surface area (Å²) in [5.74, 6) is 0. The largest absolute Gasteiger partial charge is 0.321 e. The highest BCUT2D eigenvalue weighted by Gasteiger charge is 2.18. The molecule has 1 heterocycles. The van der Waals surface area contributed by atoms with Crippen molar-refractivity contribution in [2.75, 3.05) is 0 Å². The summed E-state index contributed by atoms with van der Waals surface area (Å²) in [4.78, 5) is 0. The van der Waals surface area contributed by atoms with Crippen LogP contribution in [0.15, 0.2) is 6.20 Å². The number of aromatic nitrogens is 3. The van der Waals surface area contributed by atoms with Gasteiger partial charge in [-0.3, -0.25) is 0 Å². The number of hydrogen-bond donors (Lipinski definition) is 1. The van der Waals surface area contributed by atoms with Crippen molar-refractivity contribution in [3.8, 4) is 0 Å². The predicted octanol–water partition coefficient (Wildman–Crippen LogP) is 0.492. The third kappa shape index (κ3) is 1.57. The minimum Gasteiger partial charge on any atom is -0.321 e. The van der Waals surface area contributed by atoms with Crippen molar-refractivity contribution in [1.82, 2.24) is 15.0 Å². The van der Waals surface area contributed by atoms with Gasteiger partial charge in [0, 0.05) is 6.54 Å². The molecule has 0 saturated carbocycles. The monoisotopic (exact) mass is 154 g/mol. The maximum Gasteiger partial charge on any atom is 0.0779 e. The topological polar surface area (TPSA) is 56.7 Å². The number of hydrogen-bond acceptors (Lipinski definition) is 3. The van der Waals surface area contributed by atoms with Gasteiger partial charge in [0.15, 0.2) is 0 Å². The Morgan fingerprint density at radius 1 is 1.64 bits per heavy atom. The molecule has 62 valence electrons. The van der Waals surface area contributed by atoms with Crippen LogP contribution in [0.2, 0.25) is 0 Å². The Morgan fingerprint density at radius 3 is 2.64 bits per heavy atom. The molecule has 0 radical (unpaired) electrons. The number of nitrogens with two attached hydrogens (primary N) is 1. The Balaban J connectivity index is 3.02. The van der Waals surface area contributed by atoms with Crippen LogP contribution in [0.4, 0.5) is 0 Å². The predicted molar refractivity (Wildman–Crippen MR) is 42.9 cm³/mol. The Hall–Kier alpha value is -0.900. The van der Waals surface area contributed by atoms with Gasteiger partial charge in [-0.15, -0.1) is 5.10 Å². The summed E-state index contributed by atoms with van der Waals surface area (Å²) in [6.45, 7) is 6.72. The molecule has 0 aliphatic heterocycles. The molecule has 0 unspecified atom stereocenters. The molecule has 11 heavy (non-hydrogen) atoms. The van der Waals surface area contributed by atoms with Crippen LogP contribution in [-0.4, -0.2) is 15.0 Å². The van der Waals surface area contributed by atoms with E-state index < -0.39 is 0 Å². The van der Waals surface area contributed by atoms with Gasteiger partial charge in [0.25, 0.3) is 0 Å². The smallest absolute Gasteiger partial charge is 0.0779 e. The molecule has 0 atom stereocenters. The number of nitrogens with zero attached hydrogens (tertiary/aromatic N) is 3. The second-order valence-corrected chi connectivity index (χ2v) is 3.16. The molecule has 4 nitrogen and oxygen atoms in total. The lowest BCUT2D eigenvalue weighted by atomic mass is 10.0. The first-order valence-electron chi connectivity index (χ1n) is 3.73. The SMILES string of the molecule is CCn1nncc1C(C)(C)N. The third-order valence-electron chi connectivity index (χ3n) is 1.58. The Morgan fingerprint density at radius 2 is 2.27 bits per heavy atom. The van der Waals surface area contributed by atoms with Gasteiger partial charge < -0.3 is 5.73 Å². The van der Waals surface area contributed by atoms with Crippen LogP contribution in [0.1, 0.15) is 26.5 Å². The molecule has 1 aromatic heterocycles. The molecule has 4 heteroatoms. The first-order chi connectivity index (χ1) is 5.05. The van der Waals surface area contributed by atoms with Gasteiger partial charge in [0.05, 0.1) is 17.4 Å². The van der Waals surface area contributed by atoms with E-state index in [1.807, 2.05) is 20.8 Å². The lowest BCUT2D eigenvalue weighted by Gasteiger charge is -2.18. The van der Waals surface area contributed by atoms with Gasteiger partial charge >= 0.3 is 0 Å². The first kappa shape index (κ1) is 8.20. The van der Waals surface area contributed by atoms with Crippen molar-refractivity contribution in [3.05, 3.63) is 11.9 Å². The van der Waals surface area contributed by atoms with Crippen LogP contribution < -0.4 is 5.73 Å². The summed E-state index contributed by atoms with van der Waals surface area (Å²) in [6.07, 6.45) is 1.71. The molecule has 0 aliphatic carbocycles. The number of aryl methyl sites for hydroxylation is 1. The normalized spacial score (nSPS) is 12.0. The lowest BCUT2D eigenvalue weighted by molar-refractivity contribution is 0.473. The van der Waals surface area contributed by atoms with Gasteiger partial charge in [0.2, 0.25) is 0 Å². The fourth-order valence-electron chi connectivity index (χ4n) is 0.990. The minimum atomic E-state index is -0.348. The van der Waals surface area contributed by atoms with E-state index in [0.717, 1.165) is 12.2 Å². The van der Waals surface area contributed by atoms with Gasteiger partial charge in [-0.1, -0.05) is 5.21 Å². The van der Waals surface area contributed by atoms with Gasteiger partial charge in [-0.2, -0.15) is 0 Å².